The molecule has 0 fully saturated rings. The minimum atomic E-state index is -0.0368. The second kappa shape index (κ2) is 5.61. The lowest BCUT2D eigenvalue weighted by molar-refractivity contribution is 0.0936. The molecule has 2 rings (SSSR count). The quantitative estimate of drug-likeness (QED) is 0.932. The second-order valence-corrected chi connectivity index (χ2v) is 5.21. The van der Waals surface area contributed by atoms with Gasteiger partial charge < -0.3 is 5.32 Å². The lowest BCUT2D eigenvalue weighted by atomic mass is 10.1. The summed E-state index contributed by atoms with van der Waals surface area (Å²) in [5, 5.41) is 8.30. The van der Waals surface area contributed by atoms with E-state index in [0.717, 1.165) is 35.3 Å². The molecule has 0 bridgehead atoms. The Balaban J connectivity index is 2.50. The number of aromatic nitrogens is 3. The molecule has 0 aromatic carbocycles. The largest absolute Gasteiger partial charge is 0.349 e. The van der Waals surface area contributed by atoms with E-state index in [9.17, 15) is 4.79 Å². The first kappa shape index (κ1) is 14.5. The highest BCUT2D eigenvalue weighted by molar-refractivity contribution is 6.06. The number of carbonyl (C=O) groups is 1. The van der Waals surface area contributed by atoms with E-state index < -0.39 is 0 Å². The number of carbonyl (C=O) groups excluding carboxylic acids is 1. The Morgan fingerprint density at radius 3 is 2.60 bits per heavy atom. The fraction of sp³-hybridized carbons (Fsp3) is 0.533. The first-order chi connectivity index (χ1) is 9.47. The van der Waals surface area contributed by atoms with Crippen molar-refractivity contribution in [3.05, 3.63) is 23.0 Å². The van der Waals surface area contributed by atoms with E-state index in [1.807, 2.05) is 27.0 Å². The molecule has 1 amide bonds. The maximum atomic E-state index is 12.5. The number of rotatable bonds is 4. The van der Waals surface area contributed by atoms with E-state index in [1.165, 1.54) is 0 Å². The summed E-state index contributed by atoms with van der Waals surface area (Å²) in [6, 6.07) is 2.05. The Hall–Kier alpha value is -1.91. The van der Waals surface area contributed by atoms with Gasteiger partial charge in [0.15, 0.2) is 5.65 Å². The molecule has 0 radical (unpaired) electrons. The molecule has 0 saturated carbocycles. The van der Waals surface area contributed by atoms with Crippen LogP contribution in [0.3, 0.4) is 0 Å². The maximum absolute atomic E-state index is 12.5. The number of nitrogens with zero attached hydrogens (tertiary/aromatic N) is 3. The number of aryl methyl sites for hydroxylation is 3. The summed E-state index contributed by atoms with van der Waals surface area (Å²) < 4.78 is 1.73. The van der Waals surface area contributed by atoms with Crippen LogP contribution >= 0.6 is 0 Å². The molecule has 20 heavy (non-hydrogen) atoms. The molecule has 108 valence electrons. The summed E-state index contributed by atoms with van der Waals surface area (Å²) in [6.45, 7) is 7.97. The first-order valence-corrected chi connectivity index (χ1v) is 7.09. The van der Waals surface area contributed by atoms with Gasteiger partial charge in [-0.05, 0) is 32.8 Å². The number of nitrogens with one attached hydrogen (secondary N) is 1. The molecule has 0 aliphatic rings. The Labute approximate surface area is 119 Å². The van der Waals surface area contributed by atoms with Crippen LogP contribution in [0.4, 0.5) is 0 Å². The molecule has 0 atom stereocenters. The van der Waals surface area contributed by atoms with Gasteiger partial charge in [0.25, 0.3) is 5.91 Å². The Morgan fingerprint density at radius 1 is 1.35 bits per heavy atom. The molecule has 0 unspecified atom stereocenters. The predicted octanol–water partition coefficient (Wildman–Crippen LogP) is 2.50. The molecule has 2 aromatic rings. The molecule has 0 saturated heterocycles. The van der Waals surface area contributed by atoms with Gasteiger partial charge in [0.2, 0.25) is 0 Å². The van der Waals surface area contributed by atoms with Crippen LogP contribution in [0.15, 0.2) is 6.07 Å². The van der Waals surface area contributed by atoms with Gasteiger partial charge in [0, 0.05) is 18.8 Å². The summed E-state index contributed by atoms with van der Waals surface area (Å²) in [6.07, 6.45) is 1.86. The van der Waals surface area contributed by atoms with Gasteiger partial charge in [0.05, 0.1) is 16.6 Å². The van der Waals surface area contributed by atoms with Gasteiger partial charge >= 0.3 is 0 Å². The standard InChI is InChI=1S/C15H22N4O/c1-6-11(7-2)17-15(20)12-8-9(3)16-14-13(12)10(4)18-19(14)5/h8,11H,6-7H2,1-5H3,(H,17,20). The van der Waals surface area contributed by atoms with Crippen LogP contribution in [0.2, 0.25) is 0 Å². The SMILES string of the molecule is CCC(CC)NC(=O)c1cc(C)nc2c1c(C)nn2C. The van der Waals surface area contributed by atoms with Gasteiger partial charge in [-0.15, -0.1) is 0 Å². The maximum Gasteiger partial charge on any atom is 0.252 e. The van der Waals surface area contributed by atoms with Crippen molar-refractivity contribution < 1.29 is 4.79 Å². The highest BCUT2D eigenvalue weighted by Crippen LogP contribution is 2.21. The van der Waals surface area contributed by atoms with Crippen molar-refractivity contribution >= 4 is 16.9 Å². The summed E-state index contributed by atoms with van der Waals surface area (Å²) in [7, 11) is 1.85. The van der Waals surface area contributed by atoms with Gasteiger partial charge in [0.1, 0.15) is 0 Å². The number of pyridine rings is 1. The zero-order chi connectivity index (χ0) is 14.9. The molecule has 0 aliphatic heterocycles. The first-order valence-electron chi connectivity index (χ1n) is 7.09. The van der Waals surface area contributed by atoms with Crippen LogP contribution in [0.5, 0.6) is 0 Å². The smallest absolute Gasteiger partial charge is 0.252 e. The molecule has 2 aromatic heterocycles. The third-order valence-corrected chi connectivity index (χ3v) is 3.66. The van der Waals surface area contributed by atoms with Crippen LogP contribution in [0.25, 0.3) is 11.0 Å². The van der Waals surface area contributed by atoms with Crippen LogP contribution in [0, 0.1) is 13.8 Å². The van der Waals surface area contributed by atoms with Crippen LogP contribution in [-0.2, 0) is 7.05 Å². The van der Waals surface area contributed by atoms with Gasteiger partial charge in [-0.3, -0.25) is 9.48 Å². The van der Waals surface area contributed by atoms with Crippen molar-refractivity contribution in [2.45, 2.75) is 46.6 Å². The van der Waals surface area contributed by atoms with Crippen LogP contribution < -0.4 is 5.32 Å². The summed E-state index contributed by atoms with van der Waals surface area (Å²) in [4.78, 5) is 17.0. The number of fused-ring (bicyclic) bond motifs is 1. The number of amides is 1. The van der Waals surface area contributed by atoms with Crippen LogP contribution in [0.1, 0.15) is 48.4 Å². The van der Waals surface area contributed by atoms with Crippen molar-refractivity contribution in [2.75, 3.05) is 0 Å². The third kappa shape index (κ3) is 2.53. The predicted molar refractivity (Wildman–Crippen MR) is 79.8 cm³/mol. The Kier molecular flexibility index (Phi) is 4.06. The Morgan fingerprint density at radius 2 is 2.00 bits per heavy atom. The zero-order valence-electron chi connectivity index (χ0n) is 12.8. The van der Waals surface area contributed by atoms with Gasteiger partial charge in [-0.25, -0.2) is 4.98 Å². The third-order valence-electron chi connectivity index (χ3n) is 3.66. The molecule has 5 heteroatoms. The van der Waals surface area contributed by atoms with E-state index in [2.05, 4.69) is 29.2 Å². The molecule has 5 nitrogen and oxygen atoms in total. The average molecular weight is 274 g/mol. The van der Waals surface area contributed by atoms with Gasteiger partial charge in [-0.2, -0.15) is 5.10 Å². The molecule has 0 aliphatic carbocycles. The average Bonchev–Trinajstić information content (AvgIpc) is 2.70. The highest BCUT2D eigenvalue weighted by atomic mass is 16.1. The minimum Gasteiger partial charge on any atom is -0.349 e. The van der Waals surface area contributed by atoms with Crippen LogP contribution in [-0.4, -0.2) is 26.7 Å². The fourth-order valence-corrected chi connectivity index (χ4v) is 2.50. The normalized spacial score (nSPS) is 11.3. The van der Waals surface area contributed by atoms with Gasteiger partial charge in [-0.1, -0.05) is 13.8 Å². The minimum absolute atomic E-state index is 0.0368. The lowest BCUT2D eigenvalue weighted by Crippen LogP contribution is -2.34. The van der Waals surface area contributed by atoms with Crippen molar-refractivity contribution in [1.29, 1.82) is 0 Å². The van der Waals surface area contributed by atoms with Crippen molar-refractivity contribution in [3.63, 3.8) is 0 Å². The van der Waals surface area contributed by atoms with E-state index >= 15 is 0 Å². The molecular formula is C15H22N4O. The summed E-state index contributed by atoms with van der Waals surface area (Å²) in [5.74, 6) is -0.0368. The fourth-order valence-electron chi connectivity index (χ4n) is 2.50. The monoisotopic (exact) mass is 274 g/mol. The Bertz CT molecular complexity index is 641. The lowest BCUT2D eigenvalue weighted by Gasteiger charge is -2.15. The molecular weight excluding hydrogens is 252 g/mol. The van der Waals surface area contributed by atoms with Crippen molar-refractivity contribution in [2.24, 2.45) is 7.05 Å². The second-order valence-electron chi connectivity index (χ2n) is 5.21. The van der Waals surface area contributed by atoms with E-state index in [1.54, 1.807) is 4.68 Å². The number of hydrogen-bond donors (Lipinski definition) is 1. The van der Waals surface area contributed by atoms with Crippen molar-refractivity contribution in [3.8, 4) is 0 Å². The number of hydrogen-bond acceptors (Lipinski definition) is 3. The van der Waals surface area contributed by atoms with Crippen molar-refractivity contribution in [1.82, 2.24) is 20.1 Å². The topological polar surface area (TPSA) is 59.8 Å². The summed E-state index contributed by atoms with van der Waals surface area (Å²) >= 11 is 0. The van der Waals surface area contributed by atoms with E-state index in [-0.39, 0.29) is 11.9 Å². The zero-order valence-corrected chi connectivity index (χ0v) is 12.8. The highest BCUT2D eigenvalue weighted by Gasteiger charge is 2.19. The summed E-state index contributed by atoms with van der Waals surface area (Å²) in [5.41, 5.74) is 3.10. The molecule has 0 spiro atoms. The molecule has 2 heterocycles. The molecule has 1 N–H and O–H groups in total. The van der Waals surface area contributed by atoms with E-state index in [4.69, 9.17) is 0 Å². The van der Waals surface area contributed by atoms with E-state index in [0.29, 0.717) is 5.56 Å².